The number of hydrogen-bond acceptors (Lipinski definition) is 3. The van der Waals surface area contributed by atoms with Gasteiger partial charge in [0.15, 0.2) is 0 Å². The Balaban J connectivity index is 1.97. The lowest BCUT2D eigenvalue weighted by atomic mass is 9.96. The van der Waals surface area contributed by atoms with Crippen molar-refractivity contribution in [3.8, 4) is 5.75 Å². The molecule has 1 aromatic carbocycles. The van der Waals surface area contributed by atoms with E-state index in [-0.39, 0.29) is 12.5 Å². The quantitative estimate of drug-likeness (QED) is 0.863. The topological polar surface area (TPSA) is 29.5 Å². The Morgan fingerprint density at radius 1 is 1.16 bits per heavy atom. The Labute approximate surface area is 126 Å². The third-order valence-corrected chi connectivity index (χ3v) is 4.71. The molecule has 1 heterocycles. The Morgan fingerprint density at radius 2 is 1.89 bits per heavy atom. The minimum Gasteiger partial charge on any atom is -0.497 e. The van der Waals surface area contributed by atoms with Crippen molar-refractivity contribution in [3.63, 3.8) is 0 Å². The van der Waals surface area contributed by atoms with Gasteiger partial charge in [0.05, 0.1) is 10.9 Å². The molecule has 4 heteroatoms. The summed E-state index contributed by atoms with van der Waals surface area (Å²) < 4.78 is 6.29. The summed E-state index contributed by atoms with van der Waals surface area (Å²) in [4.78, 5) is 1.31. The van der Waals surface area contributed by atoms with E-state index in [9.17, 15) is 5.11 Å². The average molecular weight is 341 g/mol. The molecular formula is C15H17BrO2S. The SMILES string of the molecule is COc1ccc(CC(CO)Cc2ccc(Br)s2)cc1. The predicted octanol–water partition coefficient (Wildman–Crippen LogP) is 3.91. The van der Waals surface area contributed by atoms with E-state index in [1.54, 1.807) is 18.4 Å². The molecule has 2 rings (SSSR count). The van der Waals surface area contributed by atoms with E-state index in [2.05, 4.69) is 40.2 Å². The highest BCUT2D eigenvalue weighted by atomic mass is 79.9. The molecule has 2 nitrogen and oxygen atoms in total. The van der Waals surface area contributed by atoms with E-state index < -0.39 is 0 Å². The number of rotatable bonds is 6. The van der Waals surface area contributed by atoms with Crippen LogP contribution in [0.4, 0.5) is 0 Å². The van der Waals surface area contributed by atoms with Crippen LogP contribution in [0, 0.1) is 5.92 Å². The smallest absolute Gasteiger partial charge is 0.118 e. The zero-order chi connectivity index (χ0) is 13.7. The summed E-state index contributed by atoms with van der Waals surface area (Å²) in [6, 6.07) is 12.2. The van der Waals surface area contributed by atoms with Gasteiger partial charge >= 0.3 is 0 Å². The van der Waals surface area contributed by atoms with Crippen LogP contribution < -0.4 is 4.74 Å². The van der Waals surface area contributed by atoms with Crippen molar-refractivity contribution in [2.75, 3.05) is 13.7 Å². The number of benzene rings is 1. The molecule has 0 aliphatic carbocycles. The van der Waals surface area contributed by atoms with E-state index in [0.717, 1.165) is 22.4 Å². The van der Waals surface area contributed by atoms with Crippen molar-refractivity contribution < 1.29 is 9.84 Å². The molecule has 102 valence electrons. The standard InChI is InChI=1S/C15H17BrO2S/c1-18-13-4-2-11(3-5-13)8-12(10-17)9-14-6-7-15(16)19-14/h2-7,12,17H,8-10H2,1H3. The molecule has 1 N–H and O–H groups in total. The normalized spacial score (nSPS) is 12.4. The number of ether oxygens (including phenoxy) is 1. The largest absolute Gasteiger partial charge is 0.497 e. The van der Waals surface area contributed by atoms with Gasteiger partial charge in [-0.2, -0.15) is 0 Å². The first-order valence-corrected chi connectivity index (χ1v) is 7.80. The van der Waals surface area contributed by atoms with E-state index in [1.165, 1.54) is 10.4 Å². The number of aliphatic hydroxyl groups excluding tert-OH is 1. The summed E-state index contributed by atoms with van der Waals surface area (Å²) >= 11 is 5.20. The lowest BCUT2D eigenvalue weighted by Crippen LogP contribution is -2.12. The fraction of sp³-hybridized carbons (Fsp3) is 0.333. The molecular weight excluding hydrogens is 324 g/mol. The van der Waals surface area contributed by atoms with Crippen LogP contribution in [0.15, 0.2) is 40.2 Å². The second-order valence-electron chi connectivity index (χ2n) is 4.51. The molecule has 19 heavy (non-hydrogen) atoms. The average Bonchev–Trinajstić information content (AvgIpc) is 2.84. The third kappa shape index (κ3) is 4.34. The molecule has 0 amide bonds. The number of halogens is 1. The van der Waals surface area contributed by atoms with Gasteiger partial charge in [0.2, 0.25) is 0 Å². The van der Waals surface area contributed by atoms with Crippen molar-refractivity contribution >= 4 is 27.3 Å². The van der Waals surface area contributed by atoms with Crippen LogP contribution in [0.1, 0.15) is 10.4 Å². The first kappa shape index (κ1) is 14.6. The first-order chi connectivity index (χ1) is 9.21. The van der Waals surface area contributed by atoms with Gasteiger partial charge in [-0.3, -0.25) is 0 Å². The van der Waals surface area contributed by atoms with E-state index in [4.69, 9.17) is 4.74 Å². The van der Waals surface area contributed by atoms with E-state index in [0.29, 0.717) is 0 Å². The van der Waals surface area contributed by atoms with Gasteiger partial charge < -0.3 is 9.84 Å². The Hall–Kier alpha value is -0.840. The van der Waals surface area contributed by atoms with Crippen LogP contribution in [0.3, 0.4) is 0 Å². The highest BCUT2D eigenvalue weighted by Crippen LogP contribution is 2.25. The zero-order valence-electron chi connectivity index (χ0n) is 10.8. The van der Waals surface area contributed by atoms with Crippen LogP contribution in [-0.4, -0.2) is 18.8 Å². The monoisotopic (exact) mass is 340 g/mol. The van der Waals surface area contributed by atoms with Crippen molar-refractivity contribution in [3.05, 3.63) is 50.6 Å². The maximum atomic E-state index is 9.52. The van der Waals surface area contributed by atoms with Crippen LogP contribution in [0.2, 0.25) is 0 Å². The Kier molecular flexibility index (Phi) is 5.43. The van der Waals surface area contributed by atoms with Gasteiger partial charge in [-0.1, -0.05) is 12.1 Å². The number of methoxy groups -OCH3 is 1. The summed E-state index contributed by atoms with van der Waals surface area (Å²) in [5.41, 5.74) is 1.23. The second-order valence-corrected chi connectivity index (χ2v) is 7.06. The highest BCUT2D eigenvalue weighted by Gasteiger charge is 2.11. The minimum atomic E-state index is 0.210. The van der Waals surface area contributed by atoms with Gasteiger partial charge in [0, 0.05) is 11.5 Å². The fourth-order valence-corrected chi connectivity index (χ4v) is 3.64. The molecule has 0 aliphatic heterocycles. The predicted molar refractivity (Wildman–Crippen MR) is 83.0 cm³/mol. The Morgan fingerprint density at radius 3 is 2.42 bits per heavy atom. The molecule has 0 bridgehead atoms. The van der Waals surface area contributed by atoms with Crippen molar-refractivity contribution in [1.82, 2.24) is 0 Å². The molecule has 0 spiro atoms. The minimum absolute atomic E-state index is 0.210. The summed E-state index contributed by atoms with van der Waals surface area (Å²) in [6.07, 6.45) is 1.80. The highest BCUT2D eigenvalue weighted by molar-refractivity contribution is 9.11. The maximum absolute atomic E-state index is 9.52. The first-order valence-electron chi connectivity index (χ1n) is 6.19. The van der Waals surface area contributed by atoms with Crippen LogP contribution in [-0.2, 0) is 12.8 Å². The maximum Gasteiger partial charge on any atom is 0.118 e. The van der Waals surface area contributed by atoms with Crippen molar-refractivity contribution in [2.45, 2.75) is 12.8 Å². The summed E-state index contributed by atoms with van der Waals surface area (Å²) in [7, 11) is 1.67. The molecule has 1 aromatic heterocycles. The van der Waals surface area contributed by atoms with Crippen LogP contribution in [0.5, 0.6) is 5.75 Å². The van der Waals surface area contributed by atoms with E-state index in [1.807, 2.05) is 12.1 Å². The van der Waals surface area contributed by atoms with Gasteiger partial charge in [0.25, 0.3) is 0 Å². The molecule has 0 fully saturated rings. The third-order valence-electron chi connectivity index (χ3n) is 3.06. The molecule has 0 radical (unpaired) electrons. The van der Waals surface area contributed by atoms with Crippen molar-refractivity contribution in [1.29, 1.82) is 0 Å². The zero-order valence-corrected chi connectivity index (χ0v) is 13.2. The molecule has 0 saturated carbocycles. The van der Waals surface area contributed by atoms with Gasteiger partial charge in [-0.25, -0.2) is 0 Å². The lowest BCUT2D eigenvalue weighted by Gasteiger charge is -2.13. The molecule has 1 atom stereocenters. The van der Waals surface area contributed by atoms with Crippen LogP contribution in [0.25, 0.3) is 0 Å². The van der Waals surface area contributed by atoms with Gasteiger partial charge in [0.1, 0.15) is 5.75 Å². The molecule has 1 unspecified atom stereocenters. The number of aliphatic hydroxyl groups is 1. The molecule has 2 aromatic rings. The van der Waals surface area contributed by atoms with Crippen molar-refractivity contribution in [2.24, 2.45) is 5.92 Å². The number of hydrogen-bond donors (Lipinski definition) is 1. The number of thiophene rings is 1. The molecule has 0 saturated heterocycles. The fourth-order valence-electron chi connectivity index (χ4n) is 2.04. The summed E-state index contributed by atoms with van der Waals surface area (Å²) in [6.45, 7) is 0.210. The summed E-state index contributed by atoms with van der Waals surface area (Å²) in [5.74, 6) is 1.13. The summed E-state index contributed by atoms with van der Waals surface area (Å²) in [5, 5.41) is 9.52. The van der Waals surface area contributed by atoms with E-state index >= 15 is 0 Å². The Bertz CT molecular complexity index is 507. The molecule has 0 aliphatic rings. The van der Waals surface area contributed by atoms with Gasteiger partial charge in [-0.05, 0) is 64.5 Å². The lowest BCUT2D eigenvalue weighted by molar-refractivity contribution is 0.225. The van der Waals surface area contributed by atoms with Gasteiger partial charge in [-0.15, -0.1) is 11.3 Å². The van der Waals surface area contributed by atoms with Crippen LogP contribution >= 0.6 is 27.3 Å². The second kappa shape index (κ2) is 7.08.